The smallest absolute Gasteiger partial charge is 0.448 e. The van der Waals surface area contributed by atoms with Crippen LogP contribution in [0.15, 0.2) is 43.2 Å². The number of hydrogen-bond acceptors (Lipinski definition) is 11. The molecule has 0 radical (unpaired) electrons. The molecule has 7 rings (SSSR count). The molecule has 4 aromatic rings. The number of nitrogens with two attached hydrogens (primary N) is 1. The SMILES string of the molecule is CC(NC(=O)c1cc(C(=O)NCc2ccc(F)c(CNc3c(N)c(=O)c3=O)c2)nc2noc(=O)n12)C12CCC(C(=O)O)(CC1)CC2. The van der Waals surface area contributed by atoms with Gasteiger partial charge in [-0.05, 0) is 79.8 Å². The molecule has 46 heavy (non-hydrogen) atoms. The number of benzene rings is 1. The van der Waals surface area contributed by atoms with Crippen LogP contribution in [0.2, 0.25) is 0 Å². The average Bonchev–Trinajstić information content (AvgIpc) is 3.44. The molecule has 0 saturated heterocycles. The molecule has 240 valence electrons. The van der Waals surface area contributed by atoms with Crippen LogP contribution in [0.5, 0.6) is 0 Å². The number of nitrogens with one attached hydrogen (secondary N) is 3. The van der Waals surface area contributed by atoms with E-state index in [9.17, 15) is 38.3 Å². The summed E-state index contributed by atoms with van der Waals surface area (Å²) in [6, 6.07) is 4.86. The van der Waals surface area contributed by atoms with Crippen LogP contribution in [0, 0.1) is 16.6 Å². The van der Waals surface area contributed by atoms with E-state index in [0.29, 0.717) is 44.1 Å². The molecule has 3 saturated carbocycles. The third-order valence-electron chi connectivity index (χ3n) is 9.78. The highest BCUT2D eigenvalue weighted by molar-refractivity contribution is 5.98. The van der Waals surface area contributed by atoms with Crippen LogP contribution in [0.3, 0.4) is 0 Å². The van der Waals surface area contributed by atoms with Gasteiger partial charge in [-0.2, -0.15) is 0 Å². The van der Waals surface area contributed by atoms with Gasteiger partial charge in [0.2, 0.25) is 0 Å². The zero-order valence-electron chi connectivity index (χ0n) is 24.6. The minimum atomic E-state index is -0.968. The van der Waals surface area contributed by atoms with Gasteiger partial charge in [-0.25, -0.2) is 18.6 Å². The Morgan fingerprint density at radius 1 is 1.04 bits per heavy atom. The van der Waals surface area contributed by atoms with E-state index >= 15 is 0 Å². The molecule has 2 aromatic heterocycles. The number of nitrogens with zero attached hydrogens (tertiary/aromatic N) is 3. The number of carbonyl (C=O) groups is 3. The van der Waals surface area contributed by atoms with Crippen molar-refractivity contribution in [1.82, 2.24) is 25.2 Å². The number of aromatic nitrogens is 3. The van der Waals surface area contributed by atoms with E-state index in [1.807, 2.05) is 6.92 Å². The van der Waals surface area contributed by atoms with Gasteiger partial charge in [0, 0.05) is 24.7 Å². The molecule has 2 bridgehead atoms. The molecule has 3 aliphatic rings. The van der Waals surface area contributed by atoms with Crippen molar-refractivity contribution in [3.05, 3.63) is 83.6 Å². The van der Waals surface area contributed by atoms with Crippen molar-refractivity contribution in [1.29, 1.82) is 0 Å². The van der Waals surface area contributed by atoms with Gasteiger partial charge < -0.3 is 26.8 Å². The largest absolute Gasteiger partial charge is 0.481 e. The van der Waals surface area contributed by atoms with Crippen molar-refractivity contribution in [2.75, 3.05) is 11.1 Å². The van der Waals surface area contributed by atoms with Crippen LogP contribution in [-0.2, 0) is 17.9 Å². The lowest BCUT2D eigenvalue weighted by Gasteiger charge is -2.54. The predicted octanol–water partition coefficient (Wildman–Crippen LogP) is 1.09. The summed E-state index contributed by atoms with van der Waals surface area (Å²) in [5.74, 6) is -4.02. The van der Waals surface area contributed by atoms with Crippen LogP contribution in [-0.4, -0.2) is 43.5 Å². The van der Waals surface area contributed by atoms with Gasteiger partial charge in [0.1, 0.15) is 28.6 Å². The molecular formula is C30H30FN7O8. The number of halogens is 1. The minimum Gasteiger partial charge on any atom is -0.481 e. The van der Waals surface area contributed by atoms with Gasteiger partial charge in [-0.15, -0.1) is 0 Å². The normalized spacial score (nSPS) is 21.3. The zero-order valence-corrected chi connectivity index (χ0v) is 24.6. The molecule has 3 aliphatic carbocycles. The third-order valence-corrected chi connectivity index (χ3v) is 9.78. The number of nitrogen functional groups attached to an aromatic ring is 1. The molecule has 3 fully saturated rings. The lowest BCUT2D eigenvalue weighted by Crippen LogP contribution is -2.54. The zero-order chi connectivity index (χ0) is 33.0. The summed E-state index contributed by atoms with van der Waals surface area (Å²) in [7, 11) is 0. The Hall–Kier alpha value is -5.41. The predicted molar refractivity (Wildman–Crippen MR) is 159 cm³/mol. The first-order valence-corrected chi connectivity index (χ1v) is 14.7. The summed E-state index contributed by atoms with van der Waals surface area (Å²) < 4.78 is 20.0. The van der Waals surface area contributed by atoms with Crippen molar-refractivity contribution in [3.63, 3.8) is 0 Å². The Balaban J connectivity index is 1.16. The second-order valence-corrected chi connectivity index (χ2v) is 12.2. The highest BCUT2D eigenvalue weighted by atomic mass is 19.1. The fraction of sp³-hybridized carbons (Fsp3) is 0.400. The Morgan fingerprint density at radius 3 is 2.39 bits per heavy atom. The third kappa shape index (κ3) is 5.08. The number of anilines is 2. The molecular weight excluding hydrogens is 605 g/mol. The van der Waals surface area contributed by atoms with Crippen LogP contribution < -0.4 is 38.3 Å². The van der Waals surface area contributed by atoms with E-state index in [0.717, 1.165) is 10.5 Å². The van der Waals surface area contributed by atoms with E-state index < -0.39 is 45.6 Å². The number of hydrogen-bond donors (Lipinski definition) is 5. The molecule has 0 aliphatic heterocycles. The van der Waals surface area contributed by atoms with E-state index in [-0.39, 0.29) is 58.7 Å². The second-order valence-electron chi connectivity index (χ2n) is 12.2. The quantitative estimate of drug-likeness (QED) is 0.154. The first-order valence-electron chi connectivity index (χ1n) is 14.7. The van der Waals surface area contributed by atoms with Gasteiger partial charge in [0.25, 0.3) is 28.4 Å². The van der Waals surface area contributed by atoms with Crippen molar-refractivity contribution in [3.8, 4) is 0 Å². The van der Waals surface area contributed by atoms with Crippen molar-refractivity contribution in [2.24, 2.45) is 10.8 Å². The second kappa shape index (κ2) is 11.2. The number of carboxylic acid groups (broad SMARTS) is 1. The maximum absolute atomic E-state index is 14.4. The minimum absolute atomic E-state index is 0.0776. The van der Waals surface area contributed by atoms with Gasteiger partial charge in [0.15, 0.2) is 0 Å². The Morgan fingerprint density at radius 2 is 1.74 bits per heavy atom. The lowest BCUT2D eigenvalue weighted by molar-refractivity contribution is -0.159. The van der Waals surface area contributed by atoms with Gasteiger partial charge >= 0.3 is 11.7 Å². The number of carboxylic acids is 1. The topological polar surface area (TPSA) is 228 Å². The van der Waals surface area contributed by atoms with E-state index in [2.05, 4.69) is 26.1 Å². The maximum Gasteiger partial charge on any atom is 0.448 e. The lowest BCUT2D eigenvalue weighted by atomic mass is 9.52. The monoisotopic (exact) mass is 635 g/mol. The molecule has 1 atom stereocenters. The number of carbonyl (C=O) groups excluding carboxylic acids is 2. The van der Waals surface area contributed by atoms with Crippen LogP contribution in [0.25, 0.3) is 5.78 Å². The highest BCUT2D eigenvalue weighted by Crippen LogP contribution is 2.58. The average molecular weight is 636 g/mol. The molecule has 2 aromatic carbocycles. The first kappa shape index (κ1) is 30.6. The fourth-order valence-corrected chi connectivity index (χ4v) is 6.66. The summed E-state index contributed by atoms with van der Waals surface area (Å²) in [5.41, 5.74) is 2.80. The van der Waals surface area contributed by atoms with Crippen molar-refractivity contribution in [2.45, 2.75) is 64.6 Å². The van der Waals surface area contributed by atoms with Crippen LogP contribution >= 0.6 is 0 Å². The van der Waals surface area contributed by atoms with Crippen molar-refractivity contribution < 1.29 is 28.4 Å². The molecule has 2 heterocycles. The first-order chi connectivity index (χ1) is 21.8. The van der Waals surface area contributed by atoms with Gasteiger partial charge in [-0.3, -0.25) is 28.5 Å². The molecule has 2 amide bonds. The Labute approximate surface area is 258 Å². The van der Waals surface area contributed by atoms with Crippen molar-refractivity contribution >= 4 is 34.9 Å². The molecule has 6 N–H and O–H groups in total. The van der Waals surface area contributed by atoms with Crippen LogP contribution in [0.4, 0.5) is 15.8 Å². The molecule has 16 heteroatoms. The summed E-state index contributed by atoms with van der Waals surface area (Å²) in [4.78, 5) is 77.9. The summed E-state index contributed by atoms with van der Waals surface area (Å²) >= 11 is 0. The summed E-state index contributed by atoms with van der Waals surface area (Å²) in [6.45, 7) is 1.63. The molecule has 0 spiro atoms. The summed E-state index contributed by atoms with van der Waals surface area (Å²) in [6.07, 6.45) is 3.49. The molecule has 15 nitrogen and oxygen atoms in total. The van der Waals surface area contributed by atoms with E-state index in [4.69, 9.17) is 10.3 Å². The van der Waals surface area contributed by atoms with E-state index in [1.165, 1.54) is 18.2 Å². The van der Waals surface area contributed by atoms with Gasteiger partial charge in [0.05, 0.1) is 5.41 Å². The van der Waals surface area contributed by atoms with E-state index in [1.54, 1.807) is 0 Å². The number of fused-ring (bicyclic) bond motifs is 4. The highest BCUT2D eigenvalue weighted by Gasteiger charge is 2.54. The standard InChI is InChI=1S/C30H30FN7O8/c1-14(29-4-7-30(8-5-29,9-6-29)26(43)44)35-25(42)19-11-18(36-27-37-46-28(45)38(19)27)24(41)34-12-15-2-3-17(31)16(10-15)13-33-21-20(32)22(39)23(21)40/h2-3,10-11,14,33H,4-9,12-13,32H2,1H3,(H,34,41)(H,35,42)(H,43,44). The Kier molecular flexibility index (Phi) is 7.45. The number of rotatable bonds is 10. The molecule has 1 unspecified atom stereocenters. The number of amides is 2. The fourth-order valence-electron chi connectivity index (χ4n) is 6.66. The maximum atomic E-state index is 14.4. The Bertz CT molecular complexity index is 2020. The summed E-state index contributed by atoms with van der Waals surface area (Å²) in [5, 5.41) is 21.5. The van der Waals surface area contributed by atoms with Gasteiger partial charge in [-0.1, -0.05) is 6.07 Å². The number of aliphatic carboxylic acids is 1. The van der Waals surface area contributed by atoms with Crippen LogP contribution in [0.1, 0.15) is 77.6 Å².